The van der Waals surface area contributed by atoms with Gasteiger partial charge in [-0.15, -0.1) is 0 Å². The summed E-state index contributed by atoms with van der Waals surface area (Å²) < 4.78 is 0. The summed E-state index contributed by atoms with van der Waals surface area (Å²) in [6.07, 6.45) is 4.40. The van der Waals surface area contributed by atoms with Crippen molar-refractivity contribution in [3.63, 3.8) is 0 Å². The summed E-state index contributed by atoms with van der Waals surface area (Å²) in [4.78, 5) is 1.94. The van der Waals surface area contributed by atoms with Gasteiger partial charge in [-0.1, -0.05) is 30.3 Å². The van der Waals surface area contributed by atoms with Crippen molar-refractivity contribution in [2.45, 2.75) is 64.2 Å². The first kappa shape index (κ1) is 14.9. The maximum atomic E-state index is 9.54. The molecule has 0 radical (unpaired) electrons. The molecule has 3 heteroatoms. The monoisotopic (exact) mass is 271 g/mol. The number of hydrogen-bond donors (Lipinski definition) is 1. The fourth-order valence-electron chi connectivity index (χ4n) is 3.52. The lowest BCUT2D eigenvalue weighted by Gasteiger charge is -2.48. The highest BCUT2D eigenvalue weighted by molar-refractivity contribution is 5.16. The maximum absolute atomic E-state index is 9.54. The molecule has 3 nitrogen and oxygen atoms in total. The van der Waals surface area contributed by atoms with Crippen molar-refractivity contribution < 1.29 is 0 Å². The van der Waals surface area contributed by atoms with Crippen LogP contribution in [0.25, 0.3) is 0 Å². The molecule has 0 amide bonds. The highest BCUT2D eigenvalue weighted by Gasteiger charge is 2.39. The molecular weight excluding hydrogens is 246 g/mol. The van der Waals surface area contributed by atoms with Crippen molar-refractivity contribution in [2.24, 2.45) is 0 Å². The summed E-state index contributed by atoms with van der Waals surface area (Å²) in [6, 6.07) is 10.5. The molecule has 1 aliphatic rings. The number of benzene rings is 1. The Labute approximate surface area is 122 Å². The predicted molar refractivity (Wildman–Crippen MR) is 81.9 cm³/mol. The van der Waals surface area contributed by atoms with E-state index in [2.05, 4.69) is 51.3 Å². The molecule has 1 fully saturated rings. The fourth-order valence-corrected chi connectivity index (χ4v) is 3.52. The van der Waals surface area contributed by atoms with Crippen molar-refractivity contribution in [1.29, 1.82) is 5.26 Å². The summed E-state index contributed by atoms with van der Waals surface area (Å²) in [6.45, 7) is 9.59. The van der Waals surface area contributed by atoms with Gasteiger partial charge in [-0.3, -0.25) is 0 Å². The maximum Gasteiger partial charge on any atom is 0.179 e. The molecule has 0 aromatic heterocycles. The molecule has 1 aromatic carbocycles. The van der Waals surface area contributed by atoms with Gasteiger partial charge in [0.2, 0.25) is 0 Å². The molecular formula is C17H25N3. The zero-order chi connectivity index (χ0) is 14.8. The number of nitrogens with zero attached hydrogens (tertiary/aromatic N) is 2. The molecule has 0 spiro atoms. The van der Waals surface area contributed by atoms with Crippen molar-refractivity contribution >= 4 is 0 Å². The molecule has 0 atom stereocenters. The van der Waals surface area contributed by atoms with Crippen LogP contribution in [0.1, 0.15) is 46.1 Å². The van der Waals surface area contributed by atoms with E-state index in [1.54, 1.807) is 0 Å². The minimum atomic E-state index is 0.0677. The van der Waals surface area contributed by atoms with Gasteiger partial charge >= 0.3 is 0 Å². The van der Waals surface area contributed by atoms with Crippen LogP contribution in [-0.2, 0) is 6.54 Å². The first-order valence-electron chi connectivity index (χ1n) is 7.31. The van der Waals surface area contributed by atoms with Crippen molar-refractivity contribution in [3.05, 3.63) is 35.9 Å². The topological polar surface area (TPSA) is 39.1 Å². The van der Waals surface area contributed by atoms with E-state index in [-0.39, 0.29) is 11.1 Å². The Morgan fingerprint density at radius 2 is 1.70 bits per heavy atom. The van der Waals surface area contributed by atoms with E-state index in [1.165, 1.54) is 5.56 Å². The van der Waals surface area contributed by atoms with Crippen molar-refractivity contribution in [1.82, 2.24) is 10.2 Å². The molecule has 0 unspecified atom stereocenters. The van der Waals surface area contributed by atoms with E-state index in [9.17, 15) is 5.26 Å². The number of hydrogen-bond acceptors (Lipinski definition) is 3. The third-order valence-corrected chi connectivity index (χ3v) is 3.93. The molecule has 0 saturated carbocycles. The zero-order valence-electron chi connectivity index (χ0n) is 13.0. The lowest BCUT2D eigenvalue weighted by molar-refractivity contribution is 0.0936. The van der Waals surface area contributed by atoms with Gasteiger partial charge in [-0.2, -0.15) is 5.26 Å². The lowest BCUT2D eigenvalue weighted by atomic mass is 9.79. The molecule has 1 N–H and O–H groups in total. The molecule has 20 heavy (non-hydrogen) atoms. The smallest absolute Gasteiger partial charge is 0.179 e. The second-order valence-corrected chi connectivity index (χ2v) is 7.17. The van der Waals surface area contributed by atoms with E-state index in [1.807, 2.05) is 23.1 Å². The second kappa shape index (κ2) is 5.46. The molecule has 108 valence electrons. The van der Waals surface area contributed by atoms with Gasteiger partial charge < -0.3 is 10.2 Å². The Balaban J connectivity index is 2.13. The van der Waals surface area contributed by atoms with Gasteiger partial charge in [0.15, 0.2) is 6.19 Å². The minimum absolute atomic E-state index is 0.0677. The standard InChI is InChI=1S/C17H25N3/c1-16(2)10-15(11-17(3,4)19-16)20(13-18)12-14-8-6-5-7-9-14/h5-9,15,19H,10-12H2,1-4H3. The van der Waals surface area contributed by atoms with E-state index in [0.29, 0.717) is 12.6 Å². The Kier molecular flexibility index (Phi) is 4.06. The van der Waals surface area contributed by atoms with Gasteiger partial charge in [0.25, 0.3) is 0 Å². The van der Waals surface area contributed by atoms with Crippen LogP contribution in [0.2, 0.25) is 0 Å². The summed E-state index contributed by atoms with van der Waals surface area (Å²) in [7, 11) is 0. The Hall–Kier alpha value is -1.53. The van der Waals surface area contributed by atoms with Crippen LogP contribution in [0, 0.1) is 11.5 Å². The minimum Gasteiger partial charge on any atom is -0.307 e. The average molecular weight is 271 g/mol. The fraction of sp³-hybridized carbons (Fsp3) is 0.588. The second-order valence-electron chi connectivity index (χ2n) is 7.17. The predicted octanol–water partition coefficient (Wildman–Crippen LogP) is 3.28. The van der Waals surface area contributed by atoms with E-state index < -0.39 is 0 Å². The van der Waals surface area contributed by atoms with Crippen LogP contribution in [0.5, 0.6) is 0 Å². The van der Waals surface area contributed by atoms with E-state index in [0.717, 1.165) is 12.8 Å². The van der Waals surface area contributed by atoms with Gasteiger partial charge in [0.05, 0.1) is 6.54 Å². The van der Waals surface area contributed by atoms with Crippen LogP contribution < -0.4 is 5.32 Å². The van der Waals surface area contributed by atoms with E-state index >= 15 is 0 Å². The molecule has 0 bridgehead atoms. The number of rotatable bonds is 3. The van der Waals surface area contributed by atoms with Crippen LogP contribution in [-0.4, -0.2) is 22.0 Å². The van der Waals surface area contributed by atoms with E-state index in [4.69, 9.17) is 0 Å². The van der Waals surface area contributed by atoms with Gasteiger partial charge in [0.1, 0.15) is 0 Å². The largest absolute Gasteiger partial charge is 0.307 e. The molecule has 0 aliphatic carbocycles. The highest BCUT2D eigenvalue weighted by Crippen LogP contribution is 2.31. The first-order chi connectivity index (χ1) is 9.31. The molecule has 1 aliphatic heterocycles. The Morgan fingerprint density at radius 1 is 1.15 bits per heavy atom. The third-order valence-electron chi connectivity index (χ3n) is 3.93. The summed E-state index contributed by atoms with van der Waals surface area (Å²) >= 11 is 0. The van der Waals surface area contributed by atoms with Crippen LogP contribution in [0.15, 0.2) is 30.3 Å². The molecule has 1 aromatic rings. The molecule has 2 rings (SSSR count). The summed E-state index contributed by atoms with van der Waals surface area (Å²) in [5.41, 5.74) is 1.33. The van der Waals surface area contributed by atoms with Gasteiger partial charge in [-0.25, -0.2) is 0 Å². The summed E-state index contributed by atoms with van der Waals surface area (Å²) in [5.74, 6) is 0. The Morgan fingerprint density at radius 3 is 2.20 bits per heavy atom. The normalized spacial score (nSPS) is 21.1. The Bertz CT molecular complexity index is 469. The third kappa shape index (κ3) is 3.74. The summed E-state index contributed by atoms with van der Waals surface area (Å²) in [5, 5.41) is 13.2. The quantitative estimate of drug-likeness (QED) is 0.677. The van der Waals surface area contributed by atoms with Crippen molar-refractivity contribution in [3.8, 4) is 6.19 Å². The number of piperidine rings is 1. The van der Waals surface area contributed by atoms with Crippen LogP contribution >= 0.6 is 0 Å². The van der Waals surface area contributed by atoms with Gasteiger partial charge in [0, 0.05) is 17.1 Å². The van der Waals surface area contributed by atoms with Crippen LogP contribution in [0.4, 0.5) is 0 Å². The highest BCUT2D eigenvalue weighted by atomic mass is 15.2. The van der Waals surface area contributed by atoms with Crippen molar-refractivity contribution in [2.75, 3.05) is 0 Å². The average Bonchev–Trinajstić information content (AvgIpc) is 2.33. The zero-order valence-corrected chi connectivity index (χ0v) is 13.0. The van der Waals surface area contributed by atoms with Gasteiger partial charge in [-0.05, 0) is 46.1 Å². The first-order valence-corrected chi connectivity index (χ1v) is 7.31. The molecule has 1 heterocycles. The molecule has 1 saturated heterocycles. The van der Waals surface area contributed by atoms with Crippen LogP contribution in [0.3, 0.4) is 0 Å². The number of nitrogens with one attached hydrogen (secondary N) is 1. The lowest BCUT2D eigenvalue weighted by Crippen LogP contribution is -2.61. The SMILES string of the molecule is CC1(C)CC(N(C#N)Cc2ccccc2)CC(C)(C)N1. The number of nitriles is 1.